The number of piperidine rings is 1. The zero-order valence-corrected chi connectivity index (χ0v) is 17.4. The van der Waals surface area contributed by atoms with E-state index in [2.05, 4.69) is 24.1 Å². The number of halogens is 1. The van der Waals surface area contributed by atoms with Crippen molar-refractivity contribution in [2.45, 2.75) is 25.8 Å². The number of hydrogen-bond donors (Lipinski definition) is 0. The lowest BCUT2D eigenvalue weighted by Gasteiger charge is -2.35. The molecule has 0 bridgehead atoms. The maximum atomic E-state index is 13.3. The number of hydrogen-bond acceptors (Lipinski definition) is 3. The highest BCUT2D eigenvalue weighted by atomic mass is 19.1. The number of likely N-dealkylation sites (tertiary alicyclic amines) is 1. The van der Waals surface area contributed by atoms with Crippen LogP contribution in [0.2, 0.25) is 0 Å². The first kappa shape index (κ1) is 20.4. The quantitative estimate of drug-likeness (QED) is 0.783. The van der Waals surface area contributed by atoms with Crippen LogP contribution in [-0.2, 0) is 22.6 Å². The molecule has 2 aromatic rings. The fraction of sp³-hybridized carbons (Fsp3) is 0.417. The van der Waals surface area contributed by atoms with Gasteiger partial charge in [0.25, 0.3) is 0 Å². The molecule has 0 N–H and O–H groups in total. The second kappa shape index (κ2) is 8.86. The summed E-state index contributed by atoms with van der Waals surface area (Å²) < 4.78 is 13.1. The van der Waals surface area contributed by atoms with Gasteiger partial charge in [0.05, 0.1) is 12.3 Å². The first-order valence-electron chi connectivity index (χ1n) is 10.6. The topological polar surface area (TPSA) is 43.9 Å². The van der Waals surface area contributed by atoms with Crippen LogP contribution in [0, 0.1) is 11.7 Å². The lowest BCUT2D eigenvalue weighted by Crippen LogP contribution is -2.47. The van der Waals surface area contributed by atoms with Gasteiger partial charge in [-0.25, -0.2) is 4.39 Å². The van der Waals surface area contributed by atoms with Crippen molar-refractivity contribution in [2.24, 2.45) is 5.92 Å². The van der Waals surface area contributed by atoms with Crippen molar-refractivity contribution >= 4 is 17.5 Å². The van der Waals surface area contributed by atoms with Gasteiger partial charge in [-0.2, -0.15) is 0 Å². The molecule has 1 saturated heterocycles. The minimum atomic E-state index is -0.306. The molecule has 2 aliphatic heterocycles. The summed E-state index contributed by atoms with van der Waals surface area (Å²) in [6, 6.07) is 14.3. The molecule has 2 amide bonds. The van der Waals surface area contributed by atoms with Gasteiger partial charge in [-0.05, 0) is 42.2 Å². The Morgan fingerprint density at radius 1 is 1.00 bits per heavy atom. The summed E-state index contributed by atoms with van der Waals surface area (Å²) in [5.41, 5.74) is 3.13. The number of benzene rings is 2. The zero-order chi connectivity index (χ0) is 21.1. The minimum Gasteiger partial charge on any atom is -0.373 e. The zero-order valence-electron chi connectivity index (χ0n) is 17.4. The summed E-state index contributed by atoms with van der Waals surface area (Å²) in [5.74, 6) is -0.328. The van der Waals surface area contributed by atoms with E-state index in [0.29, 0.717) is 26.2 Å². The van der Waals surface area contributed by atoms with Gasteiger partial charge in [-0.3, -0.25) is 9.59 Å². The Labute approximate surface area is 177 Å². The molecule has 1 fully saturated rings. The lowest BCUT2D eigenvalue weighted by molar-refractivity contribution is -0.141. The highest BCUT2D eigenvalue weighted by Gasteiger charge is 2.32. The molecular weight excluding hydrogens is 381 g/mol. The van der Waals surface area contributed by atoms with E-state index >= 15 is 0 Å². The van der Waals surface area contributed by atoms with E-state index in [1.54, 1.807) is 17.0 Å². The number of nitrogens with zero attached hydrogens (tertiary/aromatic N) is 3. The van der Waals surface area contributed by atoms with E-state index in [4.69, 9.17) is 0 Å². The monoisotopic (exact) mass is 409 g/mol. The van der Waals surface area contributed by atoms with Crippen LogP contribution in [0.25, 0.3) is 0 Å². The van der Waals surface area contributed by atoms with E-state index in [0.717, 1.165) is 30.5 Å². The number of rotatable bonds is 3. The molecule has 0 saturated carbocycles. The van der Waals surface area contributed by atoms with Gasteiger partial charge in [0.1, 0.15) is 5.82 Å². The van der Waals surface area contributed by atoms with Crippen molar-refractivity contribution in [2.75, 3.05) is 38.1 Å². The van der Waals surface area contributed by atoms with Crippen molar-refractivity contribution in [1.82, 2.24) is 9.80 Å². The fourth-order valence-electron chi connectivity index (χ4n) is 4.43. The highest BCUT2D eigenvalue weighted by molar-refractivity contribution is 5.82. The van der Waals surface area contributed by atoms with E-state index in [1.807, 2.05) is 17.0 Å². The first-order valence-corrected chi connectivity index (χ1v) is 10.6. The highest BCUT2D eigenvalue weighted by Crippen LogP contribution is 2.26. The standard InChI is InChI=1S/C24H28FN3O2/c1-26-13-14-28(16-19-5-2-3-7-22(19)26)24(30)20-6-4-12-27(17-20)23(29)15-18-8-10-21(25)11-9-18/h2-3,5,7-11,20H,4,6,12-17H2,1H3. The number of carbonyl (C=O) groups is 2. The van der Waals surface area contributed by atoms with Crippen LogP contribution < -0.4 is 4.90 Å². The van der Waals surface area contributed by atoms with Gasteiger partial charge >= 0.3 is 0 Å². The number of likely N-dealkylation sites (N-methyl/N-ethyl adjacent to an activating group) is 1. The number of anilines is 1. The Bertz CT molecular complexity index is 915. The van der Waals surface area contributed by atoms with Crippen LogP contribution in [0.5, 0.6) is 0 Å². The summed E-state index contributed by atoms with van der Waals surface area (Å²) in [7, 11) is 2.06. The van der Waals surface area contributed by atoms with Gasteiger partial charge in [-0.1, -0.05) is 30.3 Å². The van der Waals surface area contributed by atoms with Crippen molar-refractivity contribution < 1.29 is 14.0 Å². The average molecular weight is 410 g/mol. The van der Waals surface area contributed by atoms with E-state index in [9.17, 15) is 14.0 Å². The van der Waals surface area contributed by atoms with Crippen LogP contribution in [-0.4, -0.2) is 54.8 Å². The molecule has 4 rings (SSSR count). The molecule has 158 valence electrons. The molecule has 0 radical (unpaired) electrons. The van der Waals surface area contributed by atoms with Crippen molar-refractivity contribution in [1.29, 1.82) is 0 Å². The van der Waals surface area contributed by atoms with Crippen LogP contribution in [0.1, 0.15) is 24.0 Å². The van der Waals surface area contributed by atoms with Crippen LogP contribution in [0.4, 0.5) is 10.1 Å². The predicted octanol–water partition coefficient (Wildman–Crippen LogP) is 3.09. The van der Waals surface area contributed by atoms with E-state index in [-0.39, 0.29) is 30.0 Å². The molecule has 30 heavy (non-hydrogen) atoms. The van der Waals surface area contributed by atoms with Crippen LogP contribution >= 0.6 is 0 Å². The van der Waals surface area contributed by atoms with Gasteiger partial charge in [0.2, 0.25) is 11.8 Å². The first-order chi connectivity index (χ1) is 14.5. The Morgan fingerprint density at radius 2 is 1.77 bits per heavy atom. The third-order valence-electron chi connectivity index (χ3n) is 6.17. The molecule has 0 aliphatic carbocycles. The second-order valence-electron chi connectivity index (χ2n) is 8.29. The minimum absolute atomic E-state index is 0.0000495. The number of para-hydroxylation sites is 1. The van der Waals surface area contributed by atoms with Crippen LogP contribution in [0.3, 0.4) is 0 Å². The Kier molecular flexibility index (Phi) is 6.02. The fourth-order valence-corrected chi connectivity index (χ4v) is 4.43. The molecule has 2 heterocycles. The van der Waals surface area contributed by atoms with Gasteiger partial charge in [0, 0.05) is 45.5 Å². The van der Waals surface area contributed by atoms with Gasteiger partial charge < -0.3 is 14.7 Å². The van der Waals surface area contributed by atoms with Gasteiger partial charge in [-0.15, -0.1) is 0 Å². The van der Waals surface area contributed by atoms with Crippen LogP contribution in [0.15, 0.2) is 48.5 Å². The molecule has 1 atom stereocenters. The number of fused-ring (bicyclic) bond motifs is 1. The largest absolute Gasteiger partial charge is 0.373 e. The molecule has 0 spiro atoms. The SMILES string of the molecule is CN1CCN(C(=O)C2CCCN(C(=O)Cc3ccc(F)cc3)C2)Cc2ccccc21. The molecule has 2 aromatic carbocycles. The summed E-state index contributed by atoms with van der Waals surface area (Å²) in [5, 5.41) is 0. The summed E-state index contributed by atoms with van der Waals surface area (Å²) in [4.78, 5) is 32.0. The number of amides is 2. The molecule has 2 aliphatic rings. The molecule has 6 heteroatoms. The average Bonchev–Trinajstić information content (AvgIpc) is 2.94. The third kappa shape index (κ3) is 4.48. The summed E-state index contributed by atoms with van der Waals surface area (Å²) in [6.07, 6.45) is 1.88. The van der Waals surface area contributed by atoms with Crippen molar-refractivity contribution in [3.05, 3.63) is 65.5 Å². The summed E-state index contributed by atoms with van der Waals surface area (Å²) >= 11 is 0. The molecule has 1 unspecified atom stereocenters. The molecule has 5 nitrogen and oxygen atoms in total. The number of carbonyl (C=O) groups excluding carboxylic acids is 2. The Morgan fingerprint density at radius 3 is 2.57 bits per heavy atom. The van der Waals surface area contributed by atoms with Gasteiger partial charge in [0.15, 0.2) is 0 Å². The molecular formula is C24H28FN3O2. The predicted molar refractivity (Wildman–Crippen MR) is 115 cm³/mol. The second-order valence-corrected chi connectivity index (χ2v) is 8.29. The van der Waals surface area contributed by atoms with E-state index < -0.39 is 0 Å². The van der Waals surface area contributed by atoms with Crippen molar-refractivity contribution in [3.63, 3.8) is 0 Å². The third-order valence-corrected chi connectivity index (χ3v) is 6.17. The molecule has 0 aromatic heterocycles. The lowest BCUT2D eigenvalue weighted by atomic mass is 9.95. The maximum absolute atomic E-state index is 13.3. The van der Waals surface area contributed by atoms with E-state index in [1.165, 1.54) is 17.8 Å². The smallest absolute Gasteiger partial charge is 0.227 e. The maximum Gasteiger partial charge on any atom is 0.227 e. The Hall–Kier alpha value is -2.89. The normalized spacial score (nSPS) is 19.3. The Balaban J connectivity index is 1.41. The van der Waals surface area contributed by atoms with Crippen molar-refractivity contribution in [3.8, 4) is 0 Å². The summed E-state index contributed by atoms with van der Waals surface area (Å²) in [6.45, 7) is 3.23.